The highest BCUT2D eigenvalue weighted by Crippen LogP contribution is 2.37. The van der Waals surface area contributed by atoms with Crippen molar-refractivity contribution in [3.05, 3.63) is 17.7 Å². The summed E-state index contributed by atoms with van der Waals surface area (Å²) in [5.41, 5.74) is 1.43. The maximum absolute atomic E-state index is 12.6. The summed E-state index contributed by atoms with van der Waals surface area (Å²) < 4.78 is 5.59. The number of nitrogens with zero attached hydrogens (tertiary/aromatic N) is 2. The van der Waals surface area contributed by atoms with Gasteiger partial charge in [0.15, 0.2) is 0 Å². The van der Waals surface area contributed by atoms with Gasteiger partial charge in [0.1, 0.15) is 5.60 Å². The summed E-state index contributed by atoms with van der Waals surface area (Å²) in [6.07, 6.45) is 4.45. The van der Waals surface area contributed by atoms with Crippen molar-refractivity contribution in [2.75, 3.05) is 13.1 Å². The molecule has 0 aromatic carbocycles. The average molecular weight is 306 g/mol. The molecule has 2 aliphatic heterocycles. The molecule has 3 rings (SSSR count). The van der Waals surface area contributed by atoms with Crippen molar-refractivity contribution in [1.82, 2.24) is 20.2 Å². The van der Waals surface area contributed by atoms with Crippen molar-refractivity contribution in [2.24, 2.45) is 0 Å². The fourth-order valence-electron chi connectivity index (χ4n) is 3.67. The van der Waals surface area contributed by atoms with E-state index in [0.717, 1.165) is 38.0 Å². The summed E-state index contributed by atoms with van der Waals surface area (Å²) in [7, 11) is 0. The van der Waals surface area contributed by atoms with Crippen LogP contribution in [0.3, 0.4) is 0 Å². The van der Waals surface area contributed by atoms with Crippen LogP contribution in [0.1, 0.15) is 51.9 Å². The van der Waals surface area contributed by atoms with Crippen LogP contribution in [-0.2, 0) is 16.7 Å². The highest BCUT2D eigenvalue weighted by atomic mass is 16.6. The monoisotopic (exact) mass is 306 g/mol. The van der Waals surface area contributed by atoms with E-state index < -0.39 is 5.60 Å². The molecule has 2 aliphatic rings. The molecular weight excluding hydrogens is 280 g/mol. The van der Waals surface area contributed by atoms with Crippen molar-refractivity contribution in [3.8, 4) is 0 Å². The van der Waals surface area contributed by atoms with Crippen molar-refractivity contribution in [2.45, 2.75) is 64.1 Å². The van der Waals surface area contributed by atoms with Crippen LogP contribution < -0.4 is 5.32 Å². The molecule has 6 nitrogen and oxygen atoms in total. The second-order valence-electron chi connectivity index (χ2n) is 7.44. The average Bonchev–Trinajstić information content (AvgIpc) is 3.06. The third-order valence-electron chi connectivity index (χ3n) is 4.62. The summed E-state index contributed by atoms with van der Waals surface area (Å²) in [4.78, 5) is 22.2. The van der Waals surface area contributed by atoms with E-state index in [1.807, 2.05) is 25.7 Å². The second kappa shape index (κ2) is 5.26. The Labute approximate surface area is 131 Å². The van der Waals surface area contributed by atoms with Crippen LogP contribution in [0.4, 0.5) is 4.79 Å². The molecule has 1 saturated heterocycles. The zero-order valence-electron chi connectivity index (χ0n) is 13.9. The smallest absolute Gasteiger partial charge is 0.410 e. The number of fused-ring (bicyclic) bond motifs is 1. The largest absolute Gasteiger partial charge is 0.444 e. The van der Waals surface area contributed by atoms with Crippen molar-refractivity contribution >= 4 is 6.09 Å². The molecule has 0 radical (unpaired) electrons. The maximum atomic E-state index is 12.6. The van der Waals surface area contributed by atoms with Gasteiger partial charge in [-0.1, -0.05) is 0 Å². The zero-order chi connectivity index (χ0) is 16.0. The Morgan fingerprint density at radius 2 is 2.27 bits per heavy atom. The molecule has 2 atom stereocenters. The third-order valence-corrected chi connectivity index (χ3v) is 4.62. The van der Waals surface area contributed by atoms with Crippen LogP contribution in [0.2, 0.25) is 0 Å². The Balaban J connectivity index is 1.86. The number of imidazole rings is 1. The van der Waals surface area contributed by atoms with Crippen molar-refractivity contribution < 1.29 is 9.53 Å². The fourth-order valence-corrected chi connectivity index (χ4v) is 3.67. The lowest BCUT2D eigenvalue weighted by Gasteiger charge is -2.43. The number of carbonyl (C=O) groups excluding carboxylic acids is 1. The number of aromatic amines is 1. The molecule has 1 aromatic heterocycles. The molecular formula is C16H26N4O2. The molecule has 1 fully saturated rings. The van der Waals surface area contributed by atoms with E-state index in [2.05, 4.69) is 22.2 Å². The SMILES string of the molecule is CC(C)(C)OC(=O)N1CCCC1C1(C)NCCc2[nH]cnc21. The first kappa shape index (κ1) is 15.3. The van der Waals surface area contributed by atoms with E-state index >= 15 is 0 Å². The molecule has 0 aliphatic carbocycles. The zero-order valence-corrected chi connectivity index (χ0v) is 13.9. The summed E-state index contributed by atoms with van der Waals surface area (Å²) in [6, 6.07) is 0.0738. The van der Waals surface area contributed by atoms with Crippen LogP contribution in [-0.4, -0.2) is 45.7 Å². The second-order valence-corrected chi connectivity index (χ2v) is 7.44. The Morgan fingerprint density at radius 3 is 3.00 bits per heavy atom. The number of H-pyrrole nitrogens is 1. The first-order valence-electron chi connectivity index (χ1n) is 8.08. The number of hydrogen-bond acceptors (Lipinski definition) is 4. The number of carbonyl (C=O) groups is 1. The van der Waals surface area contributed by atoms with Gasteiger partial charge in [-0.25, -0.2) is 9.78 Å². The minimum absolute atomic E-state index is 0.0738. The van der Waals surface area contributed by atoms with E-state index in [-0.39, 0.29) is 17.7 Å². The fraction of sp³-hybridized carbons (Fsp3) is 0.750. The van der Waals surface area contributed by atoms with Gasteiger partial charge in [-0.3, -0.25) is 0 Å². The number of likely N-dealkylation sites (tertiary alicyclic amines) is 1. The van der Waals surface area contributed by atoms with Gasteiger partial charge >= 0.3 is 6.09 Å². The van der Waals surface area contributed by atoms with Crippen LogP contribution in [0, 0.1) is 0 Å². The van der Waals surface area contributed by atoms with Gasteiger partial charge in [0.05, 0.1) is 23.6 Å². The number of ether oxygens (including phenoxy) is 1. The van der Waals surface area contributed by atoms with Gasteiger partial charge in [0, 0.05) is 25.2 Å². The molecule has 2 N–H and O–H groups in total. The van der Waals surface area contributed by atoms with Crippen LogP contribution in [0.15, 0.2) is 6.33 Å². The normalized spacial score (nSPS) is 28.5. The topological polar surface area (TPSA) is 70.2 Å². The van der Waals surface area contributed by atoms with Crippen molar-refractivity contribution in [1.29, 1.82) is 0 Å². The summed E-state index contributed by atoms with van der Waals surface area (Å²) >= 11 is 0. The summed E-state index contributed by atoms with van der Waals surface area (Å²) in [6.45, 7) is 9.51. The predicted octanol–water partition coefficient (Wildman–Crippen LogP) is 2.17. The van der Waals surface area contributed by atoms with Crippen LogP contribution in [0.5, 0.6) is 0 Å². The van der Waals surface area contributed by atoms with E-state index in [9.17, 15) is 4.79 Å². The van der Waals surface area contributed by atoms with Gasteiger partial charge < -0.3 is 19.9 Å². The quantitative estimate of drug-likeness (QED) is 0.834. The standard InChI is InChI=1S/C16H26N4O2/c1-15(2,3)22-14(21)20-9-5-6-12(20)16(4)13-11(7-8-19-16)17-10-18-13/h10,12,19H,5-9H2,1-4H3,(H,17,18). The third kappa shape index (κ3) is 2.60. The van der Waals surface area contributed by atoms with Gasteiger partial charge in [0.2, 0.25) is 0 Å². The molecule has 6 heteroatoms. The highest BCUT2D eigenvalue weighted by molar-refractivity contribution is 5.69. The Bertz CT molecular complexity index is 563. The Morgan fingerprint density at radius 1 is 1.50 bits per heavy atom. The molecule has 0 spiro atoms. The van der Waals surface area contributed by atoms with Gasteiger partial charge in [-0.2, -0.15) is 0 Å². The molecule has 3 heterocycles. The maximum Gasteiger partial charge on any atom is 0.410 e. The van der Waals surface area contributed by atoms with E-state index in [4.69, 9.17) is 4.74 Å². The summed E-state index contributed by atoms with van der Waals surface area (Å²) in [5.74, 6) is 0. The highest BCUT2D eigenvalue weighted by Gasteiger charge is 2.48. The molecule has 0 bridgehead atoms. The number of amides is 1. The molecule has 1 amide bonds. The number of aromatic nitrogens is 2. The van der Waals surface area contributed by atoms with E-state index in [1.165, 1.54) is 5.69 Å². The molecule has 1 aromatic rings. The van der Waals surface area contributed by atoms with Gasteiger partial charge in [-0.15, -0.1) is 0 Å². The van der Waals surface area contributed by atoms with Gasteiger partial charge in [0.25, 0.3) is 0 Å². The van der Waals surface area contributed by atoms with Crippen LogP contribution >= 0.6 is 0 Å². The van der Waals surface area contributed by atoms with E-state index in [0.29, 0.717) is 0 Å². The molecule has 2 unspecified atom stereocenters. The predicted molar refractivity (Wildman–Crippen MR) is 83.6 cm³/mol. The first-order chi connectivity index (χ1) is 10.3. The molecule has 122 valence electrons. The van der Waals surface area contributed by atoms with Crippen LogP contribution in [0.25, 0.3) is 0 Å². The minimum atomic E-state index is -0.470. The number of hydrogen-bond donors (Lipinski definition) is 2. The summed E-state index contributed by atoms with van der Waals surface area (Å²) in [5, 5.41) is 3.60. The van der Waals surface area contributed by atoms with Gasteiger partial charge in [-0.05, 0) is 40.5 Å². The lowest BCUT2D eigenvalue weighted by atomic mass is 9.83. The molecule has 22 heavy (non-hydrogen) atoms. The lowest BCUT2D eigenvalue weighted by Crippen LogP contribution is -2.58. The lowest BCUT2D eigenvalue weighted by molar-refractivity contribution is 0.0124. The molecule has 0 saturated carbocycles. The number of nitrogens with one attached hydrogen (secondary N) is 2. The van der Waals surface area contributed by atoms with Crippen molar-refractivity contribution in [3.63, 3.8) is 0 Å². The first-order valence-corrected chi connectivity index (χ1v) is 8.08. The minimum Gasteiger partial charge on any atom is -0.444 e. The van der Waals surface area contributed by atoms with E-state index in [1.54, 1.807) is 6.33 Å². The Kier molecular flexibility index (Phi) is 3.67. The number of rotatable bonds is 1. The Hall–Kier alpha value is -1.56.